The quantitative estimate of drug-likeness (QED) is 0.495. The number of carbonyl (C=O) groups is 2. The number of carbonyl (C=O) groups excluding carboxylic acids is 2. The number of Topliss-reactive ketones (excluding diaryl/α,β-unsaturated/α-hetero) is 1. The monoisotopic (exact) mass is 300 g/mol. The molecule has 0 saturated carbocycles. The summed E-state index contributed by atoms with van der Waals surface area (Å²) in [6, 6.07) is 9.04. The molecule has 1 heterocycles. The minimum Gasteiger partial charge on any atom is -0.460 e. The van der Waals surface area contributed by atoms with Crippen LogP contribution in [-0.4, -0.2) is 27.1 Å². The topological polar surface area (TPSA) is 61.2 Å². The van der Waals surface area contributed by atoms with Crippen LogP contribution in [0.5, 0.6) is 0 Å². The highest BCUT2D eigenvalue weighted by Gasteiger charge is 2.20. The molecule has 1 aromatic heterocycles. The van der Waals surface area contributed by atoms with Crippen LogP contribution in [0, 0.1) is 0 Å². The van der Waals surface area contributed by atoms with Crippen molar-refractivity contribution < 1.29 is 14.3 Å². The molecule has 2 aromatic rings. The van der Waals surface area contributed by atoms with Crippen molar-refractivity contribution in [2.45, 2.75) is 32.8 Å². The molecule has 0 aliphatic carbocycles. The molecule has 0 N–H and O–H groups in total. The van der Waals surface area contributed by atoms with Crippen molar-refractivity contribution in [3.05, 3.63) is 42.1 Å². The Morgan fingerprint density at radius 2 is 1.95 bits per heavy atom. The van der Waals surface area contributed by atoms with Crippen molar-refractivity contribution in [2.75, 3.05) is 0 Å². The van der Waals surface area contributed by atoms with E-state index in [9.17, 15) is 9.59 Å². The number of aryl methyl sites for hydroxylation is 1. The van der Waals surface area contributed by atoms with E-state index in [-0.39, 0.29) is 12.2 Å². The Balaban J connectivity index is 2.15. The third-order valence-corrected chi connectivity index (χ3v) is 3.03. The summed E-state index contributed by atoms with van der Waals surface area (Å²) in [5, 5.41) is 4.11. The fraction of sp³-hybridized carbons (Fsp3) is 0.353. The number of rotatable bonds is 4. The predicted molar refractivity (Wildman–Crippen MR) is 83.4 cm³/mol. The minimum atomic E-state index is -0.589. The average Bonchev–Trinajstić information content (AvgIpc) is 2.83. The van der Waals surface area contributed by atoms with E-state index in [1.807, 2.05) is 19.2 Å². The molecule has 1 aromatic carbocycles. The zero-order chi connectivity index (χ0) is 16.3. The summed E-state index contributed by atoms with van der Waals surface area (Å²) in [7, 11) is 1.84. The molecule has 0 unspecified atom stereocenters. The van der Waals surface area contributed by atoms with Crippen LogP contribution in [-0.2, 0) is 16.6 Å². The van der Waals surface area contributed by atoms with Crippen LogP contribution >= 0.6 is 0 Å². The smallest absolute Gasteiger partial charge is 0.314 e. The molecular weight excluding hydrogens is 280 g/mol. The summed E-state index contributed by atoms with van der Waals surface area (Å²) in [5.41, 5.74) is 1.69. The van der Waals surface area contributed by atoms with E-state index in [4.69, 9.17) is 4.74 Å². The third kappa shape index (κ3) is 4.04. The van der Waals surface area contributed by atoms with E-state index in [0.29, 0.717) is 5.56 Å². The van der Waals surface area contributed by atoms with Gasteiger partial charge in [0.15, 0.2) is 5.78 Å². The summed E-state index contributed by atoms with van der Waals surface area (Å²) >= 11 is 0. The SMILES string of the molecule is Cn1nccc1-c1cccc(C(=O)CC(=O)OC(C)(C)C)c1. The molecule has 0 bridgehead atoms. The van der Waals surface area contributed by atoms with Gasteiger partial charge in [-0.3, -0.25) is 14.3 Å². The maximum atomic E-state index is 12.2. The Morgan fingerprint density at radius 3 is 2.55 bits per heavy atom. The molecule has 0 fully saturated rings. The van der Waals surface area contributed by atoms with Crippen molar-refractivity contribution in [3.8, 4) is 11.3 Å². The molecule has 0 radical (unpaired) electrons. The molecule has 22 heavy (non-hydrogen) atoms. The standard InChI is InChI=1S/C17H20N2O3/c1-17(2,3)22-16(21)11-15(20)13-7-5-6-12(10-13)14-8-9-18-19(14)4/h5-10H,11H2,1-4H3. The van der Waals surface area contributed by atoms with Crippen molar-refractivity contribution in [2.24, 2.45) is 7.05 Å². The van der Waals surface area contributed by atoms with Gasteiger partial charge in [-0.05, 0) is 32.9 Å². The van der Waals surface area contributed by atoms with Crippen LogP contribution in [0.1, 0.15) is 37.6 Å². The van der Waals surface area contributed by atoms with Crippen LogP contribution in [0.2, 0.25) is 0 Å². The molecule has 0 aliphatic heterocycles. The summed E-state index contributed by atoms with van der Waals surface area (Å²) in [4.78, 5) is 24.0. The van der Waals surface area contributed by atoms with Crippen molar-refractivity contribution in [1.82, 2.24) is 9.78 Å². The second-order valence-corrected chi connectivity index (χ2v) is 6.11. The lowest BCUT2D eigenvalue weighted by Crippen LogP contribution is -2.25. The van der Waals surface area contributed by atoms with Gasteiger partial charge in [0, 0.05) is 24.4 Å². The fourth-order valence-electron chi connectivity index (χ4n) is 2.12. The zero-order valence-corrected chi connectivity index (χ0v) is 13.3. The van der Waals surface area contributed by atoms with E-state index in [2.05, 4.69) is 5.10 Å². The minimum absolute atomic E-state index is 0.252. The Hall–Kier alpha value is -2.43. The molecular formula is C17H20N2O3. The largest absolute Gasteiger partial charge is 0.460 e. The van der Waals surface area contributed by atoms with E-state index in [1.54, 1.807) is 49.8 Å². The first-order valence-corrected chi connectivity index (χ1v) is 7.10. The molecule has 0 amide bonds. The van der Waals surface area contributed by atoms with Crippen LogP contribution < -0.4 is 0 Å². The van der Waals surface area contributed by atoms with E-state index in [0.717, 1.165) is 11.3 Å². The van der Waals surface area contributed by atoms with Gasteiger partial charge in [-0.15, -0.1) is 0 Å². The number of esters is 1. The average molecular weight is 300 g/mol. The van der Waals surface area contributed by atoms with Gasteiger partial charge in [-0.25, -0.2) is 0 Å². The van der Waals surface area contributed by atoms with E-state index < -0.39 is 11.6 Å². The molecule has 0 saturated heterocycles. The lowest BCUT2D eigenvalue weighted by molar-refractivity contribution is -0.153. The number of benzene rings is 1. The number of hydrogen-bond acceptors (Lipinski definition) is 4. The van der Waals surface area contributed by atoms with Crippen molar-refractivity contribution >= 4 is 11.8 Å². The number of ketones is 1. The van der Waals surface area contributed by atoms with Gasteiger partial charge in [0.1, 0.15) is 12.0 Å². The zero-order valence-electron chi connectivity index (χ0n) is 13.3. The number of aromatic nitrogens is 2. The van der Waals surface area contributed by atoms with Gasteiger partial charge in [0.2, 0.25) is 0 Å². The van der Waals surface area contributed by atoms with Gasteiger partial charge in [-0.1, -0.05) is 18.2 Å². The van der Waals surface area contributed by atoms with Crippen molar-refractivity contribution in [1.29, 1.82) is 0 Å². The van der Waals surface area contributed by atoms with Gasteiger partial charge in [0.25, 0.3) is 0 Å². The predicted octanol–water partition coefficient (Wildman–Crippen LogP) is 3.00. The first kappa shape index (κ1) is 15.9. The molecule has 0 spiro atoms. The molecule has 5 heteroatoms. The Labute approximate surface area is 129 Å². The second kappa shape index (κ2) is 6.13. The van der Waals surface area contributed by atoms with Crippen LogP contribution in [0.3, 0.4) is 0 Å². The van der Waals surface area contributed by atoms with Crippen LogP contribution in [0.15, 0.2) is 36.5 Å². The normalized spacial score (nSPS) is 11.3. The highest BCUT2D eigenvalue weighted by atomic mass is 16.6. The molecule has 0 atom stereocenters. The number of hydrogen-bond donors (Lipinski definition) is 0. The molecule has 0 aliphatic rings. The fourth-order valence-corrected chi connectivity index (χ4v) is 2.12. The maximum absolute atomic E-state index is 12.2. The first-order valence-electron chi connectivity index (χ1n) is 7.10. The maximum Gasteiger partial charge on any atom is 0.314 e. The first-order chi connectivity index (χ1) is 10.3. The summed E-state index contributed by atoms with van der Waals surface area (Å²) in [6.07, 6.45) is 1.44. The van der Waals surface area contributed by atoms with Gasteiger partial charge < -0.3 is 4.74 Å². The lowest BCUT2D eigenvalue weighted by Gasteiger charge is -2.19. The summed E-state index contributed by atoms with van der Waals surface area (Å²) < 4.78 is 6.91. The second-order valence-electron chi connectivity index (χ2n) is 6.11. The van der Waals surface area contributed by atoms with Gasteiger partial charge in [0.05, 0.1) is 5.69 Å². The Kier molecular flexibility index (Phi) is 4.45. The molecule has 5 nitrogen and oxygen atoms in total. The highest BCUT2D eigenvalue weighted by Crippen LogP contribution is 2.20. The van der Waals surface area contributed by atoms with E-state index in [1.165, 1.54) is 0 Å². The van der Waals surface area contributed by atoms with Crippen molar-refractivity contribution in [3.63, 3.8) is 0 Å². The Morgan fingerprint density at radius 1 is 1.23 bits per heavy atom. The highest BCUT2D eigenvalue weighted by molar-refractivity contribution is 6.06. The Bertz CT molecular complexity index is 696. The van der Waals surface area contributed by atoms with Crippen LogP contribution in [0.4, 0.5) is 0 Å². The number of nitrogens with zero attached hydrogens (tertiary/aromatic N) is 2. The van der Waals surface area contributed by atoms with E-state index >= 15 is 0 Å². The van der Waals surface area contributed by atoms with Gasteiger partial charge in [-0.2, -0.15) is 5.10 Å². The third-order valence-electron chi connectivity index (χ3n) is 3.03. The van der Waals surface area contributed by atoms with Gasteiger partial charge >= 0.3 is 5.97 Å². The summed E-state index contributed by atoms with van der Waals surface area (Å²) in [5.74, 6) is -0.762. The van der Waals surface area contributed by atoms with Crippen LogP contribution in [0.25, 0.3) is 11.3 Å². The lowest BCUT2D eigenvalue weighted by atomic mass is 10.0. The molecule has 116 valence electrons. The number of ether oxygens (including phenoxy) is 1. The summed E-state index contributed by atoms with van der Waals surface area (Å²) in [6.45, 7) is 5.33. The molecule has 2 rings (SSSR count).